The highest BCUT2D eigenvalue weighted by Gasteiger charge is 2.19. The summed E-state index contributed by atoms with van der Waals surface area (Å²) in [6.07, 6.45) is 2.46. The van der Waals surface area contributed by atoms with E-state index in [0.29, 0.717) is 23.1 Å². The van der Waals surface area contributed by atoms with E-state index in [1.807, 2.05) is 41.3 Å². The van der Waals surface area contributed by atoms with E-state index >= 15 is 0 Å². The van der Waals surface area contributed by atoms with Crippen LogP contribution in [-0.4, -0.2) is 42.0 Å². The smallest absolute Gasteiger partial charge is 0.319 e. The summed E-state index contributed by atoms with van der Waals surface area (Å²) in [4.78, 5) is 17.2. The number of hydrogen-bond donors (Lipinski definition) is 1. The van der Waals surface area contributed by atoms with E-state index in [1.54, 1.807) is 12.1 Å². The molecule has 6 heteroatoms. The lowest BCUT2D eigenvalue weighted by Gasteiger charge is -2.32. The molecule has 2 aromatic rings. The van der Waals surface area contributed by atoms with Crippen molar-refractivity contribution < 1.29 is 4.79 Å². The molecule has 0 aliphatic carbocycles. The fourth-order valence-electron chi connectivity index (χ4n) is 3.35. The molecule has 3 rings (SSSR count). The van der Waals surface area contributed by atoms with Gasteiger partial charge in [0.05, 0.1) is 0 Å². The molecule has 1 fully saturated rings. The number of benzene rings is 2. The van der Waals surface area contributed by atoms with E-state index in [1.165, 1.54) is 12.8 Å². The summed E-state index contributed by atoms with van der Waals surface area (Å²) >= 11 is 11.9. The molecule has 0 bridgehead atoms. The van der Waals surface area contributed by atoms with Gasteiger partial charge in [0, 0.05) is 35.4 Å². The Morgan fingerprint density at radius 1 is 1.04 bits per heavy atom. The fourth-order valence-corrected chi connectivity index (χ4v) is 3.60. The van der Waals surface area contributed by atoms with Gasteiger partial charge in [-0.25, -0.2) is 4.79 Å². The molecule has 1 aliphatic rings. The van der Waals surface area contributed by atoms with Crippen LogP contribution in [0.25, 0.3) is 0 Å². The van der Waals surface area contributed by atoms with Crippen molar-refractivity contribution in [2.45, 2.75) is 26.3 Å². The van der Waals surface area contributed by atoms with Gasteiger partial charge in [-0.05, 0) is 73.8 Å². The number of carbonyl (C=O) groups excluding carboxylic acids is 1. The zero-order chi connectivity index (χ0) is 19.9. The van der Waals surface area contributed by atoms with E-state index in [9.17, 15) is 4.79 Å². The van der Waals surface area contributed by atoms with E-state index in [2.05, 4.69) is 17.1 Å². The van der Waals surface area contributed by atoms with Gasteiger partial charge in [-0.1, -0.05) is 42.3 Å². The van der Waals surface area contributed by atoms with Gasteiger partial charge in [-0.15, -0.1) is 0 Å². The fraction of sp³-hybridized carbons (Fsp3) is 0.409. The standard InChI is InChI=1S/C22H27Cl2N3O/c1-17-10-12-26(13-11-17)14-15-27(16-18-2-4-19(23)5-3-18)22(28)25-21-8-6-20(24)7-9-21/h2-9,17H,10-16H2,1H3,(H,25,28). The third-order valence-corrected chi connectivity index (χ3v) is 5.74. The second kappa shape index (κ2) is 10.1. The normalized spacial score (nSPS) is 15.4. The summed E-state index contributed by atoms with van der Waals surface area (Å²) in [6, 6.07) is 14.7. The van der Waals surface area contributed by atoms with Crippen LogP contribution in [0.1, 0.15) is 25.3 Å². The van der Waals surface area contributed by atoms with E-state index in [4.69, 9.17) is 23.2 Å². The van der Waals surface area contributed by atoms with Crippen LogP contribution in [0, 0.1) is 5.92 Å². The molecule has 0 saturated carbocycles. The van der Waals surface area contributed by atoms with Crippen molar-refractivity contribution in [2.75, 3.05) is 31.5 Å². The molecule has 2 aromatic carbocycles. The highest BCUT2D eigenvalue weighted by molar-refractivity contribution is 6.30. The minimum Gasteiger partial charge on any atom is -0.319 e. The molecule has 1 N–H and O–H groups in total. The molecule has 0 aromatic heterocycles. The van der Waals surface area contributed by atoms with E-state index < -0.39 is 0 Å². The van der Waals surface area contributed by atoms with Crippen molar-refractivity contribution in [3.63, 3.8) is 0 Å². The Kier molecular flexibility index (Phi) is 7.60. The lowest BCUT2D eigenvalue weighted by molar-refractivity contribution is 0.162. The van der Waals surface area contributed by atoms with Gasteiger partial charge in [0.2, 0.25) is 0 Å². The van der Waals surface area contributed by atoms with Crippen molar-refractivity contribution in [3.05, 3.63) is 64.1 Å². The summed E-state index contributed by atoms with van der Waals surface area (Å²) in [5.41, 5.74) is 1.80. The molecule has 1 saturated heterocycles. The average molecular weight is 420 g/mol. The maximum Gasteiger partial charge on any atom is 0.322 e. The first-order valence-electron chi connectivity index (χ1n) is 9.78. The molecular formula is C22H27Cl2N3O. The molecule has 4 nitrogen and oxygen atoms in total. The largest absolute Gasteiger partial charge is 0.322 e. The molecule has 150 valence electrons. The average Bonchev–Trinajstić information content (AvgIpc) is 2.69. The Morgan fingerprint density at radius 2 is 1.61 bits per heavy atom. The molecule has 28 heavy (non-hydrogen) atoms. The maximum absolute atomic E-state index is 12.9. The second-order valence-electron chi connectivity index (χ2n) is 7.51. The molecular weight excluding hydrogens is 393 g/mol. The molecule has 2 amide bonds. The number of nitrogens with zero attached hydrogens (tertiary/aromatic N) is 2. The van der Waals surface area contributed by atoms with Crippen molar-refractivity contribution in [1.82, 2.24) is 9.80 Å². The number of nitrogens with one attached hydrogen (secondary N) is 1. The highest BCUT2D eigenvalue weighted by atomic mass is 35.5. The Bertz CT molecular complexity index is 756. The van der Waals surface area contributed by atoms with Gasteiger partial charge in [0.15, 0.2) is 0 Å². The van der Waals surface area contributed by atoms with Crippen molar-refractivity contribution in [3.8, 4) is 0 Å². The Hall–Kier alpha value is -1.75. The van der Waals surface area contributed by atoms with Crippen LogP contribution < -0.4 is 5.32 Å². The number of hydrogen-bond acceptors (Lipinski definition) is 2. The van der Waals surface area contributed by atoms with Crippen LogP contribution in [0.2, 0.25) is 10.0 Å². The van der Waals surface area contributed by atoms with E-state index in [0.717, 1.165) is 36.8 Å². The number of anilines is 1. The monoisotopic (exact) mass is 419 g/mol. The zero-order valence-corrected chi connectivity index (χ0v) is 17.7. The summed E-state index contributed by atoms with van der Waals surface area (Å²) in [5, 5.41) is 4.33. The quantitative estimate of drug-likeness (QED) is 0.645. The molecule has 1 aliphatic heterocycles. The van der Waals surface area contributed by atoms with Crippen LogP contribution in [0.4, 0.5) is 10.5 Å². The summed E-state index contributed by atoms with van der Waals surface area (Å²) in [7, 11) is 0. The number of likely N-dealkylation sites (tertiary alicyclic amines) is 1. The van der Waals surface area contributed by atoms with Crippen molar-refractivity contribution >= 4 is 34.9 Å². The van der Waals surface area contributed by atoms with Crippen LogP contribution >= 0.6 is 23.2 Å². The van der Waals surface area contributed by atoms with E-state index in [-0.39, 0.29) is 6.03 Å². The van der Waals surface area contributed by atoms with Crippen LogP contribution in [0.5, 0.6) is 0 Å². The lowest BCUT2D eigenvalue weighted by Crippen LogP contribution is -2.42. The van der Waals surface area contributed by atoms with Crippen molar-refractivity contribution in [2.24, 2.45) is 5.92 Å². The Balaban J connectivity index is 1.64. The Morgan fingerprint density at radius 3 is 2.21 bits per heavy atom. The first-order valence-corrected chi connectivity index (χ1v) is 10.5. The minimum absolute atomic E-state index is 0.109. The maximum atomic E-state index is 12.9. The predicted molar refractivity (Wildman–Crippen MR) is 117 cm³/mol. The first kappa shape index (κ1) is 21.0. The SMILES string of the molecule is CC1CCN(CCN(Cc2ccc(Cl)cc2)C(=O)Nc2ccc(Cl)cc2)CC1. The number of carbonyl (C=O) groups is 1. The van der Waals surface area contributed by atoms with Gasteiger partial charge in [0.25, 0.3) is 0 Å². The molecule has 0 atom stereocenters. The molecule has 1 heterocycles. The molecule has 0 unspecified atom stereocenters. The first-order chi connectivity index (χ1) is 13.5. The summed E-state index contributed by atoms with van der Waals surface area (Å²) in [5.74, 6) is 0.801. The third kappa shape index (κ3) is 6.40. The number of halogens is 2. The van der Waals surface area contributed by atoms with Crippen LogP contribution in [0.3, 0.4) is 0 Å². The van der Waals surface area contributed by atoms with Crippen molar-refractivity contribution in [1.29, 1.82) is 0 Å². The van der Waals surface area contributed by atoms with Gasteiger partial charge in [-0.2, -0.15) is 0 Å². The lowest BCUT2D eigenvalue weighted by atomic mass is 9.99. The van der Waals surface area contributed by atoms with Gasteiger partial charge in [0.1, 0.15) is 0 Å². The van der Waals surface area contributed by atoms with Gasteiger partial charge >= 0.3 is 6.03 Å². The second-order valence-corrected chi connectivity index (χ2v) is 8.38. The van der Waals surface area contributed by atoms with Gasteiger partial charge in [-0.3, -0.25) is 0 Å². The molecule has 0 spiro atoms. The zero-order valence-electron chi connectivity index (χ0n) is 16.2. The van der Waals surface area contributed by atoms with Crippen LogP contribution in [-0.2, 0) is 6.54 Å². The third-order valence-electron chi connectivity index (χ3n) is 5.23. The number of amides is 2. The number of piperidine rings is 1. The minimum atomic E-state index is -0.109. The van der Waals surface area contributed by atoms with Crippen LogP contribution in [0.15, 0.2) is 48.5 Å². The van der Waals surface area contributed by atoms with Gasteiger partial charge < -0.3 is 15.1 Å². The number of rotatable bonds is 6. The topological polar surface area (TPSA) is 35.6 Å². The Labute approximate surface area is 177 Å². The summed E-state index contributed by atoms with van der Waals surface area (Å²) < 4.78 is 0. The molecule has 0 radical (unpaired) electrons. The predicted octanol–water partition coefficient (Wildman–Crippen LogP) is 5.76. The number of urea groups is 1. The summed E-state index contributed by atoms with van der Waals surface area (Å²) in [6.45, 7) is 6.62. The highest BCUT2D eigenvalue weighted by Crippen LogP contribution is 2.18.